The normalized spacial score (nSPS) is 34.5. The number of hydrogen-bond donors (Lipinski definition) is 0. The van der Waals surface area contributed by atoms with Gasteiger partial charge >= 0.3 is 0 Å². The van der Waals surface area contributed by atoms with Crippen LogP contribution in [0.5, 0.6) is 0 Å². The highest BCUT2D eigenvalue weighted by Gasteiger charge is 2.36. The van der Waals surface area contributed by atoms with Crippen LogP contribution in [0.2, 0.25) is 0 Å². The van der Waals surface area contributed by atoms with E-state index in [4.69, 9.17) is 9.47 Å². The van der Waals surface area contributed by atoms with Crippen LogP contribution in [0.15, 0.2) is 0 Å². The topological polar surface area (TPSA) is 52.6 Å². The molecule has 0 aromatic heterocycles. The quantitative estimate of drug-likeness (QED) is 0.555. The van der Waals surface area contributed by atoms with Crippen molar-refractivity contribution in [1.29, 1.82) is 0 Å². The molecule has 1 aliphatic carbocycles. The molecule has 0 amide bonds. The molecule has 15 heavy (non-hydrogen) atoms. The van der Waals surface area contributed by atoms with E-state index in [0.29, 0.717) is 19.3 Å². The number of halogens is 1. The number of rotatable bonds is 5. The van der Waals surface area contributed by atoms with Gasteiger partial charge in [0.2, 0.25) is 0 Å². The molecule has 0 aromatic carbocycles. The summed E-state index contributed by atoms with van der Waals surface area (Å²) in [5.41, 5.74) is 0. The van der Waals surface area contributed by atoms with Gasteiger partial charge in [0.05, 0.1) is 41.8 Å². The fourth-order valence-corrected chi connectivity index (χ4v) is 5.03. The molecule has 88 valence electrons. The molecule has 1 saturated carbocycles. The Labute approximate surface area is 98.4 Å². The van der Waals surface area contributed by atoms with Crippen LogP contribution >= 0.6 is 15.9 Å². The van der Waals surface area contributed by atoms with Crippen molar-refractivity contribution in [2.45, 2.75) is 29.9 Å². The molecule has 0 radical (unpaired) electrons. The summed E-state index contributed by atoms with van der Waals surface area (Å²) < 4.78 is 33.4. The van der Waals surface area contributed by atoms with Crippen LogP contribution in [0.25, 0.3) is 0 Å². The zero-order valence-corrected chi connectivity index (χ0v) is 10.8. The molecule has 2 atom stereocenters. The third kappa shape index (κ3) is 3.69. The highest BCUT2D eigenvalue weighted by Crippen LogP contribution is 2.24. The van der Waals surface area contributed by atoms with Gasteiger partial charge in [-0.1, -0.05) is 15.9 Å². The zero-order valence-electron chi connectivity index (χ0n) is 8.39. The monoisotopic (exact) mass is 298 g/mol. The van der Waals surface area contributed by atoms with Crippen molar-refractivity contribution in [1.82, 2.24) is 0 Å². The highest BCUT2D eigenvalue weighted by molar-refractivity contribution is 9.09. The maximum atomic E-state index is 11.3. The summed E-state index contributed by atoms with van der Waals surface area (Å²) in [7, 11) is -2.90. The second kappa shape index (κ2) is 4.69. The largest absolute Gasteiger partial charge is 0.376 e. The average molecular weight is 299 g/mol. The molecule has 6 heteroatoms. The number of sulfone groups is 1. The van der Waals surface area contributed by atoms with E-state index in [0.717, 1.165) is 12.8 Å². The van der Waals surface area contributed by atoms with Gasteiger partial charge in [-0.15, -0.1) is 0 Å². The van der Waals surface area contributed by atoms with Gasteiger partial charge in [0.15, 0.2) is 9.84 Å². The molecule has 1 saturated heterocycles. The molecular formula is C9H15BrO4S. The van der Waals surface area contributed by atoms with E-state index in [2.05, 4.69) is 15.9 Å². The Balaban J connectivity index is 1.65. The Morgan fingerprint density at radius 1 is 1.13 bits per heavy atom. The van der Waals surface area contributed by atoms with Crippen LogP contribution in [0.4, 0.5) is 0 Å². The lowest BCUT2D eigenvalue weighted by molar-refractivity contribution is 0.0125. The summed E-state index contributed by atoms with van der Waals surface area (Å²) in [4.78, 5) is -0.0663. The number of alkyl halides is 1. The van der Waals surface area contributed by atoms with Crippen molar-refractivity contribution >= 4 is 25.8 Å². The van der Waals surface area contributed by atoms with E-state index in [1.54, 1.807) is 0 Å². The van der Waals surface area contributed by atoms with Crippen LogP contribution < -0.4 is 0 Å². The molecular weight excluding hydrogens is 284 g/mol. The standard InChI is InChI=1S/C9H15BrO4S/c10-8-5-15(11,12)6-9(8)14-4-3-13-7-1-2-7/h7-9H,1-6H2. The van der Waals surface area contributed by atoms with Gasteiger partial charge < -0.3 is 9.47 Å². The molecule has 2 aliphatic rings. The Hall–Kier alpha value is 0.350. The van der Waals surface area contributed by atoms with E-state index in [-0.39, 0.29) is 22.4 Å². The van der Waals surface area contributed by atoms with Crippen LogP contribution in [0, 0.1) is 0 Å². The van der Waals surface area contributed by atoms with Crippen molar-refractivity contribution in [3.63, 3.8) is 0 Å². The first-order chi connectivity index (χ1) is 7.07. The lowest BCUT2D eigenvalue weighted by atomic mass is 10.3. The molecule has 0 bridgehead atoms. The molecule has 0 spiro atoms. The third-order valence-electron chi connectivity index (χ3n) is 2.53. The van der Waals surface area contributed by atoms with Crippen LogP contribution in [0.1, 0.15) is 12.8 Å². The highest BCUT2D eigenvalue weighted by atomic mass is 79.9. The van der Waals surface area contributed by atoms with Crippen molar-refractivity contribution in [3.8, 4) is 0 Å². The first kappa shape index (κ1) is 11.8. The molecule has 4 nitrogen and oxygen atoms in total. The van der Waals surface area contributed by atoms with Crippen molar-refractivity contribution in [2.75, 3.05) is 24.7 Å². The van der Waals surface area contributed by atoms with Gasteiger partial charge in [-0.05, 0) is 12.8 Å². The second-order valence-corrected chi connectivity index (χ2v) is 7.40. The maximum absolute atomic E-state index is 11.3. The van der Waals surface area contributed by atoms with E-state index in [9.17, 15) is 8.42 Å². The first-order valence-electron chi connectivity index (χ1n) is 5.14. The van der Waals surface area contributed by atoms with Crippen LogP contribution in [-0.4, -0.2) is 50.2 Å². The fraction of sp³-hybridized carbons (Fsp3) is 1.00. The lowest BCUT2D eigenvalue weighted by Crippen LogP contribution is -2.24. The fourth-order valence-electron chi connectivity index (χ4n) is 1.57. The van der Waals surface area contributed by atoms with Gasteiger partial charge in [-0.2, -0.15) is 0 Å². The second-order valence-electron chi connectivity index (χ2n) is 4.07. The van der Waals surface area contributed by atoms with E-state index < -0.39 is 9.84 Å². The van der Waals surface area contributed by atoms with Gasteiger partial charge in [0.1, 0.15) is 0 Å². The minimum atomic E-state index is -2.90. The zero-order chi connectivity index (χ0) is 10.9. The summed E-state index contributed by atoms with van der Waals surface area (Å²) in [6, 6.07) is 0. The van der Waals surface area contributed by atoms with Crippen LogP contribution in [-0.2, 0) is 19.3 Å². The molecule has 2 rings (SSSR count). The van der Waals surface area contributed by atoms with Crippen molar-refractivity contribution < 1.29 is 17.9 Å². The van der Waals surface area contributed by atoms with Gasteiger partial charge in [-0.3, -0.25) is 0 Å². The average Bonchev–Trinajstić information content (AvgIpc) is 2.88. The molecule has 0 aromatic rings. The molecule has 1 heterocycles. The van der Waals surface area contributed by atoms with Gasteiger partial charge in [0, 0.05) is 0 Å². The Bertz CT molecular complexity index is 312. The van der Waals surface area contributed by atoms with Crippen molar-refractivity contribution in [3.05, 3.63) is 0 Å². The number of ether oxygens (including phenoxy) is 2. The minimum Gasteiger partial charge on any atom is -0.376 e. The van der Waals surface area contributed by atoms with Gasteiger partial charge in [0.25, 0.3) is 0 Å². The predicted octanol–water partition coefficient (Wildman–Crippen LogP) is 0.743. The molecule has 2 fully saturated rings. The van der Waals surface area contributed by atoms with Crippen molar-refractivity contribution in [2.24, 2.45) is 0 Å². The van der Waals surface area contributed by atoms with E-state index in [1.165, 1.54) is 0 Å². The Morgan fingerprint density at radius 3 is 2.33 bits per heavy atom. The van der Waals surface area contributed by atoms with Gasteiger partial charge in [-0.25, -0.2) is 8.42 Å². The molecule has 1 aliphatic heterocycles. The SMILES string of the molecule is O=S1(=O)CC(Br)C(OCCOC2CC2)C1. The molecule has 2 unspecified atom stereocenters. The summed E-state index contributed by atoms with van der Waals surface area (Å²) >= 11 is 3.33. The lowest BCUT2D eigenvalue weighted by Gasteiger charge is -2.13. The predicted molar refractivity (Wildman–Crippen MR) is 60.1 cm³/mol. The first-order valence-corrected chi connectivity index (χ1v) is 7.88. The van der Waals surface area contributed by atoms with E-state index in [1.807, 2.05) is 0 Å². The molecule has 0 N–H and O–H groups in total. The van der Waals surface area contributed by atoms with E-state index >= 15 is 0 Å². The minimum absolute atomic E-state index is 0.0663. The van der Waals surface area contributed by atoms with Crippen LogP contribution in [0.3, 0.4) is 0 Å². The summed E-state index contributed by atoms with van der Waals surface area (Å²) in [5, 5.41) is 0. The third-order valence-corrected chi connectivity index (χ3v) is 5.57. The maximum Gasteiger partial charge on any atom is 0.154 e. The smallest absolute Gasteiger partial charge is 0.154 e. The summed E-state index contributed by atoms with van der Waals surface area (Å²) in [6.45, 7) is 1.06. The summed E-state index contributed by atoms with van der Waals surface area (Å²) in [6.07, 6.45) is 2.52. The Kier molecular flexibility index (Phi) is 3.70. The Morgan fingerprint density at radius 2 is 1.80 bits per heavy atom. The summed E-state index contributed by atoms with van der Waals surface area (Å²) in [5.74, 6) is 0.313. The number of hydrogen-bond acceptors (Lipinski definition) is 4.